The lowest BCUT2D eigenvalue weighted by Crippen LogP contribution is -2.32. The molecule has 0 radical (unpaired) electrons. The smallest absolute Gasteiger partial charge is 0.243 e. The van der Waals surface area contributed by atoms with E-state index in [0.717, 1.165) is 12.8 Å². The second-order valence-corrected chi connectivity index (χ2v) is 9.87. The van der Waals surface area contributed by atoms with E-state index in [0.29, 0.717) is 34.0 Å². The van der Waals surface area contributed by atoms with Crippen LogP contribution in [-0.4, -0.2) is 36.7 Å². The van der Waals surface area contributed by atoms with E-state index in [4.69, 9.17) is 0 Å². The van der Waals surface area contributed by atoms with E-state index in [-0.39, 0.29) is 23.0 Å². The van der Waals surface area contributed by atoms with Crippen LogP contribution in [0.25, 0.3) is 10.2 Å². The fraction of sp³-hybridized carbons (Fsp3) is 0.333. The molecule has 0 saturated heterocycles. The first-order valence-electron chi connectivity index (χ1n) is 9.78. The van der Waals surface area contributed by atoms with Gasteiger partial charge in [0.2, 0.25) is 15.9 Å². The first-order valence-corrected chi connectivity index (χ1v) is 12.0. The number of thiazole rings is 1. The number of fused-ring (bicyclic) bond motifs is 1. The summed E-state index contributed by atoms with van der Waals surface area (Å²) in [4.78, 5) is 16.9. The lowest BCUT2D eigenvalue weighted by atomic mass is 10.1. The Labute approximate surface area is 179 Å². The fourth-order valence-electron chi connectivity index (χ4n) is 3.07. The number of anilines is 1. The molecule has 0 spiro atoms. The molecule has 0 bridgehead atoms. The van der Waals surface area contributed by atoms with Crippen molar-refractivity contribution in [2.24, 2.45) is 0 Å². The largest absolute Gasteiger partial charge is 0.302 e. The zero-order valence-corrected chi connectivity index (χ0v) is 18.5. The van der Waals surface area contributed by atoms with Gasteiger partial charge >= 0.3 is 0 Å². The number of rotatable bonds is 9. The van der Waals surface area contributed by atoms with Crippen molar-refractivity contribution >= 4 is 42.6 Å². The number of hydrogen-bond donors (Lipinski definition) is 1. The van der Waals surface area contributed by atoms with Crippen LogP contribution in [0, 0.1) is 5.82 Å². The number of benzene rings is 2. The number of carbonyl (C=O) groups is 1. The van der Waals surface area contributed by atoms with Gasteiger partial charge in [-0.1, -0.05) is 37.3 Å². The predicted octanol–water partition coefficient (Wildman–Crippen LogP) is 4.43. The molecule has 160 valence electrons. The minimum atomic E-state index is -3.58. The highest BCUT2D eigenvalue weighted by molar-refractivity contribution is 7.89. The van der Waals surface area contributed by atoms with E-state index >= 15 is 0 Å². The molecule has 30 heavy (non-hydrogen) atoms. The van der Waals surface area contributed by atoms with Crippen molar-refractivity contribution in [3.63, 3.8) is 0 Å². The van der Waals surface area contributed by atoms with Gasteiger partial charge < -0.3 is 5.32 Å². The Morgan fingerprint density at radius 1 is 1.10 bits per heavy atom. The second-order valence-electron chi connectivity index (χ2n) is 6.90. The zero-order chi connectivity index (χ0) is 21.7. The van der Waals surface area contributed by atoms with Gasteiger partial charge in [0.1, 0.15) is 5.82 Å². The first kappa shape index (κ1) is 22.3. The third-order valence-corrected chi connectivity index (χ3v) is 7.30. The van der Waals surface area contributed by atoms with Crippen LogP contribution >= 0.6 is 11.3 Å². The Bertz CT molecular complexity index is 1120. The van der Waals surface area contributed by atoms with Gasteiger partial charge in [-0.3, -0.25) is 4.79 Å². The molecular weight excluding hydrogens is 425 g/mol. The third kappa shape index (κ3) is 5.21. The van der Waals surface area contributed by atoms with Crippen molar-refractivity contribution in [3.8, 4) is 0 Å². The van der Waals surface area contributed by atoms with Crippen LogP contribution < -0.4 is 5.32 Å². The minimum Gasteiger partial charge on any atom is -0.302 e. The number of halogens is 1. The lowest BCUT2D eigenvalue weighted by molar-refractivity contribution is -0.115. The maximum absolute atomic E-state index is 13.0. The van der Waals surface area contributed by atoms with Gasteiger partial charge in [-0.15, -0.1) is 0 Å². The summed E-state index contributed by atoms with van der Waals surface area (Å²) in [6.45, 7) is 4.85. The molecule has 9 heteroatoms. The molecule has 3 aromatic rings. The summed E-state index contributed by atoms with van der Waals surface area (Å²) in [5.41, 5.74) is 1.31. The number of hydrogen-bond acceptors (Lipinski definition) is 5. The van der Waals surface area contributed by atoms with Crippen molar-refractivity contribution in [2.45, 2.75) is 38.0 Å². The molecule has 0 unspecified atom stereocenters. The lowest BCUT2D eigenvalue weighted by Gasteiger charge is -2.20. The predicted molar refractivity (Wildman–Crippen MR) is 118 cm³/mol. The van der Waals surface area contributed by atoms with Crippen molar-refractivity contribution < 1.29 is 17.6 Å². The Hall–Kier alpha value is -2.36. The maximum atomic E-state index is 13.0. The molecule has 0 saturated carbocycles. The van der Waals surface area contributed by atoms with Crippen molar-refractivity contribution in [1.82, 2.24) is 9.29 Å². The summed E-state index contributed by atoms with van der Waals surface area (Å²) in [5.74, 6) is -0.627. The summed E-state index contributed by atoms with van der Waals surface area (Å²) >= 11 is 1.22. The van der Waals surface area contributed by atoms with Gasteiger partial charge in [0, 0.05) is 13.1 Å². The summed E-state index contributed by atoms with van der Waals surface area (Å²) in [6, 6.07) is 10.6. The van der Waals surface area contributed by atoms with E-state index in [1.54, 1.807) is 30.3 Å². The molecule has 6 nitrogen and oxygen atoms in total. The molecule has 0 aliphatic rings. The average Bonchev–Trinajstić information content (AvgIpc) is 3.10. The summed E-state index contributed by atoms with van der Waals surface area (Å²) < 4.78 is 41.1. The Balaban J connectivity index is 1.78. The van der Waals surface area contributed by atoms with E-state index in [2.05, 4.69) is 10.3 Å². The number of aromatic nitrogens is 1. The molecule has 3 rings (SSSR count). The molecule has 1 N–H and O–H groups in total. The average molecular weight is 450 g/mol. The van der Waals surface area contributed by atoms with Crippen LogP contribution in [0.4, 0.5) is 9.52 Å². The van der Waals surface area contributed by atoms with Crippen molar-refractivity contribution in [3.05, 3.63) is 53.8 Å². The quantitative estimate of drug-likeness (QED) is 0.524. The summed E-state index contributed by atoms with van der Waals surface area (Å²) in [7, 11) is -3.58. The maximum Gasteiger partial charge on any atom is 0.243 e. The molecule has 2 aromatic carbocycles. The number of nitrogens with one attached hydrogen (secondary N) is 1. The number of nitrogens with zero attached hydrogens (tertiary/aromatic N) is 2. The van der Waals surface area contributed by atoms with Gasteiger partial charge in [0.15, 0.2) is 5.13 Å². The van der Waals surface area contributed by atoms with E-state index < -0.39 is 10.0 Å². The highest BCUT2D eigenvalue weighted by Gasteiger charge is 2.23. The number of amides is 1. The molecule has 1 aromatic heterocycles. The normalized spacial score (nSPS) is 11.9. The van der Waals surface area contributed by atoms with Gasteiger partial charge in [-0.25, -0.2) is 17.8 Å². The molecule has 0 fully saturated rings. The molecule has 1 amide bonds. The van der Waals surface area contributed by atoms with E-state index in [9.17, 15) is 17.6 Å². The first-order chi connectivity index (χ1) is 14.3. The molecule has 1 heterocycles. The standard InChI is InChI=1S/C21H24FN3O3S2/c1-3-11-25(12-4-2)30(27,28)17-9-10-18-19(14-17)29-21(23-18)24-20(26)13-15-5-7-16(22)8-6-15/h5-10,14H,3-4,11-13H2,1-2H3,(H,23,24,26). The SMILES string of the molecule is CCCN(CCC)S(=O)(=O)c1ccc2nc(NC(=O)Cc3ccc(F)cc3)sc2c1. The van der Waals surface area contributed by atoms with Crippen LogP contribution in [-0.2, 0) is 21.2 Å². The van der Waals surface area contributed by atoms with Crippen molar-refractivity contribution in [2.75, 3.05) is 18.4 Å². The fourth-order valence-corrected chi connectivity index (χ4v) is 5.72. The van der Waals surface area contributed by atoms with E-state index in [1.165, 1.54) is 27.8 Å². The van der Waals surface area contributed by atoms with Crippen LogP contribution in [0.2, 0.25) is 0 Å². The Morgan fingerprint density at radius 2 is 1.77 bits per heavy atom. The summed E-state index contributed by atoms with van der Waals surface area (Å²) in [6.07, 6.45) is 1.58. The third-order valence-electron chi connectivity index (χ3n) is 4.47. The monoisotopic (exact) mass is 449 g/mol. The van der Waals surface area contributed by atoms with Gasteiger partial charge in [-0.05, 0) is 48.7 Å². The highest BCUT2D eigenvalue weighted by atomic mass is 32.2. The van der Waals surface area contributed by atoms with E-state index in [1.807, 2.05) is 13.8 Å². The number of sulfonamides is 1. The van der Waals surface area contributed by atoms with Crippen LogP contribution in [0.3, 0.4) is 0 Å². The van der Waals surface area contributed by atoms with Crippen LogP contribution in [0.5, 0.6) is 0 Å². The molecular formula is C21H24FN3O3S2. The van der Waals surface area contributed by atoms with Crippen LogP contribution in [0.1, 0.15) is 32.3 Å². The number of carbonyl (C=O) groups excluding carboxylic acids is 1. The topological polar surface area (TPSA) is 79.4 Å². The van der Waals surface area contributed by atoms with Crippen molar-refractivity contribution in [1.29, 1.82) is 0 Å². The minimum absolute atomic E-state index is 0.0961. The molecule has 0 atom stereocenters. The second kappa shape index (κ2) is 9.63. The Kier molecular flexibility index (Phi) is 7.17. The van der Waals surface area contributed by atoms with Gasteiger partial charge in [0.05, 0.1) is 21.5 Å². The Morgan fingerprint density at radius 3 is 2.40 bits per heavy atom. The molecule has 0 aliphatic heterocycles. The summed E-state index contributed by atoms with van der Waals surface area (Å²) in [5, 5.41) is 3.12. The van der Waals surface area contributed by atoms with Crippen LogP contribution in [0.15, 0.2) is 47.4 Å². The van der Waals surface area contributed by atoms with Gasteiger partial charge in [-0.2, -0.15) is 4.31 Å². The zero-order valence-electron chi connectivity index (χ0n) is 16.9. The van der Waals surface area contributed by atoms with Gasteiger partial charge in [0.25, 0.3) is 0 Å². The highest BCUT2D eigenvalue weighted by Crippen LogP contribution is 2.29. The molecule has 0 aliphatic carbocycles.